The number of likely N-dealkylation sites (N-methyl/N-ethyl adjacent to an activating group) is 1. The maximum absolute atomic E-state index is 12.6. The van der Waals surface area contributed by atoms with Crippen molar-refractivity contribution >= 4 is 12.1 Å². The minimum atomic E-state index is -0.903. The van der Waals surface area contributed by atoms with E-state index in [1.807, 2.05) is 48.5 Å². The molecule has 3 aromatic carbocycles. The summed E-state index contributed by atoms with van der Waals surface area (Å²) in [7, 11) is 11.8. The molecule has 0 spiro atoms. The molecule has 0 aliphatic carbocycles. The zero-order chi connectivity index (χ0) is 39.0. The standard InChI is InChI=1S/C41H58N2O11/c1-42(27-31-13-16-34(46-2)37(24-31)49-5,28-32-14-17-35(47-3)38(25-32)50-6)22-23-52-41(45)54-30-53-40(44)12-11-21-43(19-9-8-10-20-43)29-33-15-18-36(48-4)39(26-33)51-7/h13-18,24-26H,8-12,19-23,27-30H2,1-7H3/q+2. The fourth-order valence-electron chi connectivity index (χ4n) is 7.23. The fraction of sp³-hybridized carbons (Fsp3) is 0.512. The zero-order valence-electron chi connectivity index (χ0n) is 33.0. The van der Waals surface area contributed by atoms with Gasteiger partial charge in [0.15, 0.2) is 34.5 Å². The maximum Gasteiger partial charge on any atom is 0.511 e. The highest BCUT2D eigenvalue weighted by atomic mass is 16.8. The van der Waals surface area contributed by atoms with Crippen LogP contribution in [0.25, 0.3) is 0 Å². The van der Waals surface area contributed by atoms with Gasteiger partial charge in [0.25, 0.3) is 0 Å². The molecule has 296 valence electrons. The number of benzene rings is 3. The Morgan fingerprint density at radius 1 is 0.611 bits per heavy atom. The number of methoxy groups -OCH3 is 6. The molecule has 1 heterocycles. The third-order valence-electron chi connectivity index (χ3n) is 10.0. The number of esters is 1. The number of hydrogen-bond acceptors (Lipinski definition) is 11. The summed E-state index contributed by atoms with van der Waals surface area (Å²) in [6.45, 7) is 5.02. The largest absolute Gasteiger partial charge is 0.511 e. The molecule has 1 aliphatic heterocycles. The van der Waals surface area contributed by atoms with Crippen LogP contribution < -0.4 is 28.4 Å². The molecule has 0 saturated carbocycles. The van der Waals surface area contributed by atoms with Crippen molar-refractivity contribution in [2.45, 2.75) is 51.7 Å². The van der Waals surface area contributed by atoms with Crippen molar-refractivity contribution in [2.24, 2.45) is 0 Å². The highest BCUT2D eigenvalue weighted by molar-refractivity contribution is 5.69. The van der Waals surface area contributed by atoms with Gasteiger partial charge >= 0.3 is 12.1 Å². The molecule has 4 rings (SSSR count). The van der Waals surface area contributed by atoms with E-state index in [1.54, 1.807) is 42.7 Å². The number of carbonyl (C=O) groups is 2. The molecular formula is C41H58N2O11+2. The summed E-state index contributed by atoms with van der Waals surface area (Å²) in [5.41, 5.74) is 3.20. The van der Waals surface area contributed by atoms with Crippen LogP contribution in [0.3, 0.4) is 0 Å². The van der Waals surface area contributed by atoms with Gasteiger partial charge in [0.05, 0.1) is 75.8 Å². The number of carbonyl (C=O) groups excluding carboxylic acids is 2. The van der Waals surface area contributed by atoms with Gasteiger partial charge in [-0.2, -0.15) is 0 Å². The van der Waals surface area contributed by atoms with E-state index in [4.69, 9.17) is 42.6 Å². The molecule has 1 saturated heterocycles. The van der Waals surface area contributed by atoms with E-state index in [1.165, 1.54) is 12.0 Å². The number of piperidine rings is 1. The Morgan fingerprint density at radius 2 is 1.09 bits per heavy atom. The lowest BCUT2D eigenvalue weighted by atomic mass is 10.0. The van der Waals surface area contributed by atoms with Crippen molar-refractivity contribution in [2.75, 3.05) is 89.3 Å². The molecule has 0 bridgehead atoms. The molecule has 0 radical (unpaired) electrons. The average Bonchev–Trinajstić information content (AvgIpc) is 3.17. The number of quaternary nitrogens is 2. The molecule has 0 atom stereocenters. The molecule has 1 fully saturated rings. The summed E-state index contributed by atoms with van der Waals surface area (Å²) in [4.78, 5) is 25.2. The van der Waals surface area contributed by atoms with Crippen LogP contribution in [0.1, 0.15) is 48.8 Å². The predicted octanol–water partition coefficient (Wildman–Crippen LogP) is 6.52. The zero-order valence-corrected chi connectivity index (χ0v) is 33.0. The summed E-state index contributed by atoms with van der Waals surface area (Å²) in [5.74, 6) is 3.53. The van der Waals surface area contributed by atoms with E-state index in [-0.39, 0.29) is 13.0 Å². The summed E-state index contributed by atoms with van der Waals surface area (Å²) < 4.78 is 50.0. The summed E-state index contributed by atoms with van der Waals surface area (Å²) in [6, 6.07) is 17.7. The van der Waals surface area contributed by atoms with Crippen molar-refractivity contribution in [1.29, 1.82) is 0 Å². The smallest absolute Gasteiger partial charge is 0.493 e. The molecule has 0 N–H and O–H groups in total. The van der Waals surface area contributed by atoms with Crippen molar-refractivity contribution in [1.82, 2.24) is 0 Å². The van der Waals surface area contributed by atoms with E-state index >= 15 is 0 Å². The van der Waals surface area contributed by atoms with Gasteiger partial charge in [0, 0.05) is 23.1 Å². The van der Waals surface area contributed by atoms with Crippen molar-refractivity contribution in [3.63, 3.8) is 0 Å². The van der Waals surface area contributed by atoms with Gasteiger partial charge in [-0.3, -0.25) is 4.79 Å². The highest BCUT2D eigenvalue weighted by Crippen LogP contribution is 2.33. The second-order valence-electron chi connectivity index (χ2n) is 13.9. The van der Waals surface area contributed by atoms with Crippen LogP contribution in [0.2, 0.25) is 0 Å². The Morgan fingerprint density at radius 3 is 1.59 bits per heavy atom. The third-order valence-corrected chi connectivity index (χ3v) is 10.0. The van der Waals surface area contributed by atoms with E-state index in [9.17, 15) is 9.59 Å². The van der Waals surface area contributed by atoms with Gasteiger partial charge in [0.1, 0.15) is 32.8 Å². The first-order valence-corrected chi connectivity index (χ1v) is 18.4. The number of likely N-dealkylation sites (tertiary alicyclic amines) is 1. The van der Waals surface area contributed by atoms with Crippen LogP contribution in [0.15, 0.2) is 54.6 Å². The molecule has 13 heteroatoms. The molecular weight excluding hydrogens is 696 g/mol. The Kier molecular flexibility index (Phi) is 15.9. The van der Waals surface area contributed by atoms with Crippen LogP contribution in [0, 0.1) is 0 Å². The van der Waals surface area contributed by atoms with Crippen molar-refractivity contribution in [3.05, 3.63) is 71.3 Å². The van der Waals surface area contributed by atoms with Gasteiger partial charge in [0.2, 0.25) is 6.79 Å². The Hall–Kier alpha value is -4.88. The number of nitrogens with zero attached hydrogens (tertiary/aromatic N) is 2. The van der Waals surface area contributed by atoms with Crippen LogP contribution >= 0.6 is 0 Å². The van der Waals surface area contributed by atoms with E-state index in [0.717, 1.165) is 54.6 Å². The maximum atomic E-state index is 12.6. The molecule has 0 aromatic heterocycles. The second kappa shape index (κ2) is 20.5. The van der Waals surface area contributed by atoms with E-state index < -0.39 is 18.9 Å². The van der Waals surface area contributed by atoms with Gasteiger partial charge in [-0.1, -0.05) is 0 Å². The molecule has 1 aliphatic rings. The lowest BCUT2D eigenvalue weighted by Crippen LogP contribution is -2.51. The molecule has 3 aromatic rings. The topological polar surface area (TPSA) is 117 Å². The fourth-order valence-corrected chi connectivity index (χ4v) is 7.23. The summed E-state index contributed by atoms with van der Waals surface area (Å²) in [6.07, 6.45) is 3.50. The first-order chi connectivity index (χ1) is 26.1. The molecule has 54 heavy (non-hydrogen) atoms. The number of rotatable bonds is 21. The van der Waals surface area contributed by atoms with E-state index in [0.29, 0.717) is 65.0 Å². The third kappa shape index (κ3) is 12.1. The van der Waals surface area contributed by atoms with Gasteiger partial charge in [-0.15, -0.1) is 0 Å². The summed E-state index contributed by atoms with van der Waals surface area (Å²) in [5, 5.41) is 0. The Labute approximate surface area is 319 Å². The van der Waals surface area contributed by atoms with Crippen LogP contribution in [0.5, 0.6) is 34.5 Å². The minimum absolute atomic E-state index is 0.0733. The van der Waals surface area contributed by atoms with Gasteiger partial charge < -0.3 is 51.6 Å². The molecule has 0 unspecified atom stereocenters. The van der Waals surface area contributed by atoms with Gasteiger partial charge in [-0.25, -0.2) is 4.79 Å². The lowest BCUT2D eigenvalue weighted by molar-refractivity contribution is -0.945. The molecule has 13 nitrogen and oxygen atoms in total. The lowest BCUT2D eigenvalue weighted by Gasteiger charge is -2.42. The quantitative estimate of drug-likeness (QED) is 0.0673. The first-order valence-electron chi connectivity index (χ1n) is 18.4. The molecule has 0 amide bonds. The first kappa shape index (κ1) is 41.9. The van der Waals surface area contributed by atoms with Gasteiger partial charge in [-0.05, 0) is 73.9 Å². The number of hydrogen-bond donors (Lipinski definition) is 0. The number of ether oxygens (including phenoxy) is 9. The average molecular weight is 755 g/mol. The Bertz CT molecular complexity index is 1600. The predicted molar refractivity (Wildman–Crippen MR) is 202 cm³/mol. The van der Waals surface area contributed by atoms with E-state index in [2.05, 4.69) is 13.1 Å². The highest BCUT2D eigenvalue weighted by Gasteiger charge is 2.31. The second-order valence-corrected chi connectivity index (χ2v) is 13.9. The summed E-state index contributed by atoms with van der Waals surface area (Å²) >= 11 is 0. The van der Waals surface area contributed by atoms with Crippen LogP contribution in [0.4, 0.5) is 4.79 Å². The van der Waals surface area contributed by atoms with Crippen molar-refractivity contribution < 1.29 is 61.2 Å². The SMILES string of the molecule is COc1ccc(C[N+](C)(CCOC(=O)OCOC(=O)CCC[N+]2(Cc3ccc(OC)c(OC)c3)CCCCC2)Cc2ccc(OC)c(OC)c2)cc1OC. The van der Waals surface area contributed by atoms with Crippen LogP contribution in [-0.2, 0) is 38.6 Å². The minimum Gasteiger partial charge on any atom is -0.493 e. The van der Waals surface area contributed by atoms with Crippen LogP contribution in [-0.4, -0.2) is 110 Å². The normalized spacial score (nSPS) is 13.7. The van der Waals surface area contributed by atoms with Crippen molar-refractivity contribution in [3.8, 4) is 34.5 Å². The monoisotopic (exact) mass is 754 g/mol. The Balaban J connectivity index is 1.27.